The maximum Gasteiger partial charge on any atom is 0.315 e. The lowest BCUT2D eigenvalue weighted by Crippen LogP contribution is -2.32. The third kappa shape index (κ3) is 4.91. The Morgan fingerprint density at radius 1 is 1.33 bits per heavy atom. The first-order valence-electron chi connectivity index (χ1n) is 7.81. The van der Waals surface area contributed by atoms with Crippen LogP contribution in [0, 0.1) is 6.92 Å². The molecule has 2 aromatic heterocycles. The second-order valence-corrected chi connectivity index (χ2v) is 5.49. The van der Waals surface area contributed by atoms with E-state index in [1.807, 2.05) is 32.2 Å². The SMILES string of the molecule is CCOC(=O)CC(=O)N(Cc1cccnc1)Cc1cc(C)nn1C. The highest BCUT2D eigenvalue weighted by Crippen LogP contribution is 2.12. The van der Waals surface area contributed by atoms with Crippen molar-refractivity contribution in [1.82, 2.24) is 19.7 Å². The summed E-state index contributed by atoms with van der Waals surface area (Å²) >= 11 is 0. The molecule has 0 unspecified atom stereocenters. The van der Waals surface area contributed by atoms with Gasteiger partial charge in [0.05, 0.1) is 24.5 Å². The van der Waals surface area contributed by atoms with Crippen LogP contribution >= 0.6 is 0 Å². The minimum absolute atomic E-state index is 0.260. The highest BCUT2D eigenvalue weighted by atomic mass is 16.5. The Morgan fingerprint density at radius 3 is 2.71 bits per heavy atom. The van der Waals surface area contributed by atoms with Crippen LogP contribution in [0.3, 0.4) is 0 Å². The first-order chi connectivity index (χ1) is 11.5. The van der Waals surface area contributed by atoms with Gasteiger partial charge in [-0.1, -0.05) is 6.07 Å². The van der Waals surface area contributed by atoms with Gasteiger partial charge in [0.15, 0.2) is 0 Å². The van der Waals surface area contributed by atoms with Gasteiger partial charge in [-0.05, 0) is 31.5 Å². The second kappa shape index (κ2) is 8.24. The van der Waals surface area contributed by atoms with Crippen LogP contribution in [0.2, 0.25) is 0 Å². The smallest absolute Gasteiger partial charge is 0.315 e. The van der Waals surface area contributed by atoms with Gasteiger partial charge >= 0.3 is 5.97 Å². The van der Waals surface area contributed by atoms with Crippen molar-refractivity contribution in [3.63, 3.8) is 0 Å². The molecule has 0 spiro atoms. The number of esters is 1. The first kappa shape index (κ1) is 17.7. The zero-order chi connectivity index (χ0) is 17.5. The molecule has 0 aliphatic heterocycles. The summed E-state index contributed by atoms with van der Waals surface area (Å²) < 4.78 is 6.61. The molecule has 7 nitrogen and oxygen atoms in total. The van der Waals surface area contributed by atoms with Crippen LogP contribution in [0.5, 0.6) is 0 Å². The number of pyridine rings is 1. The van der Waals surface area contributed by atoms with E-state index in [0.29, 0.717) is 13.1 Å². The van der Waals surface area contributed by atoms with E-state index in [-0.39, 0.29) is 18.9 Å². The number of hydrogen-bond acceptors (Lipinski definition) is 5. The largest absolute Gasteiger partial charge is 0.466 e. The molecular weight excluding hydrogens is 308 g/mol. The monoisotopic (exact) mass is 330 g/mol. The number of carbonyl (C=O) groups is 2. The fourth-order valence-electron chi connectivity index (χ4n) is 2.40. The normalized spacial score (nSPS) is 10.5. The Kier molecular flexibility index (Phi) is 6.06. The number of nitrogens with zero attached hydrogens (tertiary/aromatic N) is 4. The Morgan fingerprint density at radius 2 is 2.12 bits per heavy atom. The van der Waals surface area contributed by atoms with Crippen LogP contribution in [-0.4, -0.2) is 38.1 Å². The predicted molar refractivity (Wildman–Crippen MR) is 87.7 cm³/mol. The van der Waals surface area contributed by atoms with Crippen LogP contribution in [-0.2, 0) is 34.5 Å². The van der Waals surface area contributed by atoms with E-state index >= 15 is 0 Å². The van der Waals surface area contributed by atoms with E-state index in [9.17, 15) is 9.59 Å². The quantitative estimate of drug-likeness (QED) is 0.569. The summed E-state index contributed by atoms with van der Waals surface area (Å²) in [6.07, 6.45) is 3.11. The second-order valence-electron chi connectivity index (χ2n) is 5.49. The fraction of sp³-hybridized carbons (Fsp3) is 0.412. The molecule has 0 fully saturated rings. The maximum atomic E-state index is 12.5. The van der Waals surface area contributed by atoms with Gasteiger partial charge in [0.25, 0.3) is 0 Å². The summed E-state index contributed by atoms with van der Waals surface area (Å²) in [5.74, 6) is -0.795. The van der Waals surface area contributed by atoms with Crippen LogP contribution in [0.4, 0.5) is 0 Å². The van der Waals surface area contributed by atoms with Crippen molar-refractivity contribution in [3.8, 4) is 0 Å². The van der Waals surface area contributed by atoms with Crippen molar-refractivity contribution in [2.45, 2.75) is 33.4 Å². The number of amides is 1. The topological polar surface area (TPSA) is 77.3 Å². The highest BCUT2D eigenvalue weighted by molar-refractivity contribution is 5.94. The van der Waals surface area contributed by atoms with Crippen LogP contribution in [0.15, 0.2) is 30.6 Å². The number of rotatable bonds is 7. The van der Waals surface area contributed by atoms with E-state index in [1.165, 1.54) is 0 Å². The fourth-order valence-corrected chi connectivity index (χ4v) is 2.40. The zero-order valence-electron chi connectivity index (χ0n) is 14.2. The van der Waals surface area contributed by atoms with Crippen LogP contribution < -0.4 is 0 Å². The molecule has 1 amide bonds. The predicted octanol–water partition coefficient (Wildman–Crippen LogP) is 1.61. The Labute approximate surface area is 141 Å². The van der Waals surface area contributed by atoms with Crippen molar-refractivity contribution in [3.05, 3.63) is 47.5 Å². The van der Waals surface area contributed by atoms with Crippen LogP contribution in [0.25, 0.3) is 0 Å². The van der Waals surface area contributed by atoms with E-state index in [2.05, 4.69) is 10.1 Å². The van der Waals surface area contributed by atoms with Crippen molar-refractivity contribution < 1.29 is 14.3 Å². The van der Waals surface area contributed by atoms with E-state index < -0.39 is 5.97 Å². The summed E-state index contributed by atoms with van der Waals surface area (Å²) in [5.41, 5.74) is 2.67. The molecule has 0 N–H and O–H groups in total. The molecular formula is C17H22N4O3. The Hall–Kier alpha value is -2.70. The van der Waals surface area contributed by atoms with Gasteiger partial charge in [0.2, 0.25) is 5.91 Å². The van der Waals surface area contributed by atoms with Crippen molar-refractivity contribution in [2.75, 3.05) is 6.61 Å². The number of ether oxygens (including phenoxy) is 1. The lowest BCUT2D eigenvalue weighted by atomic mass is 10.2. The standard InChI is InChI=1S/C17H22N4O3/c1-4-24-17(23)9-16(22)21(11-14-6-5-7-18-10-14)12-15-8-13(2)19-20(15)3/h5-8,10H,4,9,11-12H2,1-3H3. The lowest BCUT2D eigenvalue weighted by molar-refractivity contribution is -0.149. The number of aryl methyl sites for hydroxylation is 2. The summed E-state index contributed by atoms with van der Waals surface area (Å²) in [4.78, 5) is 29.8. The molecule has 24 heavy (non-hydrogen) atoms. The van der Waals surface area contributed by atoms with Crippen LogP contribution in [0.1, 0.15) is 30.3 Å². The average molecular weight is 330 g/mol. The molecule has 2 aromatic rings. The molecule has 2 heterocycles. The molecule has 0 aromatic carbocycles. The van der Waals surface area contributed by atoms with Gasteiger partial charge in [-0.3, -0.25) is 19.3 Å². The summed E-state index contributed by atoms with van der Waals surface area (Å²) in [5, 5.41) is 4.30. The minimum atomic E-state index is -0.514. The number of carbonyl (C=O) groups excluding carboxylic acids is 2. The minimum Gasteiger partial charge on any atom is -0.466 e. The third-order valence-corrected chi connectivity index (χ3v) is 3.50. The molecule has 128 valence electrons. The number of hydrogen-bond donors (Lipinski definition) is 0. The van der Waals surface area contributed by atoms with E-state index in [4.69, 9.17) is 4.74 Å². The van der Waals surface area contributed by atoms with Crippen molar-refractivity contribution in [1.29, 1.82) is 0 Å². The zero-order valence-corrected chi connectivity index (χ0v) is 14.2. The molecule has 0 bridgehead atoms. The van der Waals surface area contributed by atoms with Gasteiger partial charge in [0.1, 0.15) is 6.42 Å². The van der Waals surface area contributed by atoms with Crippen molar-refractivity contribution >= 4 is 11.9 Å². The summed E-state index contributed by atoms with van der Waals surface area (Å²) in [6.45, 7) is 4.61. The van der Waals surface area contributed by atoms with Gasteiger partial charge in [0, 0.05) is 26.0 Å². The average Bonchev–Trinajstić information content (AvgIpc) is 2.85. The summed E-state index contributed by atoms with van der Waals surface area (Å²) in [6, 6.07) is 5.64. The van der Waals surface area contributed by atoms with Gasteiger partial charge in [-0.25, -0.2) is 0 Å². The molecule has 0 radical (unpaired) electrons. The molecule has 0 saturated carbocycles. The van der Waals surface area contributed by atoms with Gasteiger partial charge < -0.3 is 9.64 Å². The Bertz CT molecular complexity index is 697. The molecule has 0 aliphatic rings. The maximum absolute atomic E-state index is 12.5. The third-order valence-electron chi connectivity index (χ3n) is 3.50. The molecule has 7 heteroatoms. The first-order valence-corrected chi connectivity index (χ1v) is 7.81. The van der Waals surface area contributed by atoms with Crippen molar-refractivity contribution in [2.24, 2.45) is 7.05 Å². The van der Waals surface area contributed by atoms with Gasteiger partial charge in [-0.2, -0.15) is 5.10 Å². The van der Waals surface area contributed by atoms with Gasteiger partial charge in [-0.15, -0.1) is 0 Å². The molecule has 2 rings (SSSR count). The molecule has 0 aliphatic carbocycles. The number of aromatic nitrogens is 3. The van der Waals surface area contributed by atoms with E-state index in [0.717, 1.165) is 17.0 Å². The van der Waals surface area contributed by atoms with E-state index in [1.54, 1.807) is 28.9 Å². The molecule has 0 atom stereocenters. The lowest BCUT2D eigenvalue weighted by Gasteiger charge is -2.22. The molecule has 0 saturated heterocycles. The summed E-state index contributed by atoms with van der Waals surface area (Å²) in [7, 11) is 1.83. The highest BCUT2D eigenvalue weighted by Gasteiger charge is 2.20. The Balaban J connectivity index is 2.15.